The van der Waals surface area contributed by atoms with E-state index in [1.165, 1.54) is 19.3 Å². The van der Waals surface area contributed by atoms with Crippen LogP contribution in [0.5, 0.6) is 0 Å². The summed E-state index contributed by atoms with van der Waals surface area (Å²) in [4.78, 5) is 27.3. The summed E-state index contributed by atoms with van der Waals surface area (Å²) in [5.74, 6) is 1.07. The molecular weight excluding hydrogens is 252 g/mol. The molecule has 1 heterocycles. The van der Waals surface area contributed by atoms with Crippen LogP contribution in [0.15, 0.2) is 0 Å². The molecule has 0 bridgehead atoms. The number of carbonyl (C=O) groups excluding carboxylic acids is 2. The zero-order valence-corrected chi connectivity index (χ0v) is 12.5. The molecule has 4 heteroatoms. The van der Waals surface area contributed by atoms with Crippen LogP contribution in [0.3, 0.4) is 0 Å². The van der Waals surface area contributed by atoms with Crippen LogP contribution >= 0.6 is 0 Å². The third-order valence-electron chi connectivity index (χ3n) is 5.28. The summed E-state index contributed by atoms with van der Waals surface area (Å²) in [6, 6.07) is -0.242. The highest BCUT2D eigenvalue weighted by molar-refractivity contribution is 5.99. The molecule has 1 aliphatic heterocycles. The Bertz CT molecular complexity index is 397. The van der Waals surface area contributed by atoms with Crippen molar-refractivity contribution in [2.45, 2.75) is 76.3 Å². The minimum Gasteiger partial charge on any atom is -0.340 e. The van der Waals surface area contributed by atoms with Gasteiger partial charge in [-0.1, -0.05) is 39.0 Å². The smallest absolute Gasteiger partial charge is 0.249 e. The molecule has 3 rings (SSSR count). The van der Waals surface area contributed by atoms with Crippen LogP contribution in [-0.4, -0.2) is 34.8 Å². The Labute approximate surface area is 121 Å². The van der Waals surface area contributed by atoms with Gasteiger partial charge in [0.25, 0.3) is 0 Å². The normalized spacial score (nSPS) is 29.6. The van der Waals surface area contributed by atoms with Gasteiger partial charge in [0.15, 0.2) is 0 Å². The van der Waals surface area contributed by atoms with Crippen LogP contribution in [0.25, 0.3) is 0 Å². The number of hydrogen-bond donors (Lipinski definition) is 1. The van der Waals surface area contributed by atoms with Crippen molar-refractivity contribution >= 4 is 11.8 Å². The minimum atomic E-state index is -0.565. The zero-order chi connectivity index (χ0) is 14.2. The summed E-state index contributed by atoms with van der Waals surface area (Å²) in [6.45, 7) is 2.78. The first-order valence-electron chi connectivity index (χ1n) is 8.29. The van der Waals surface area contributed by atoms with E-state index in [9.17, 15) is 9.59 Å². The number of rotatable bonds is 4. The Hall–Kier alpha value is -1.06. The van der Waals surface area contributed by atoms with Gasteiger partial charge in [0, 0.05) is 6.54 Å². The Balaban J connectivity index is 1.78. The Morgan fingerprint density at radius 3 is 2.50 bits per heavy atom. The zero-order valence-electron chi connectivity index (χ0n) is 12.5. The van der Waals surface area contributed by atoms with Gasteiger partial charge in [0.2, 0.25) is 11.8 Å². The van der Waals surface area contributed by atoms with E-state index in [2.05, 4.69) is 5.32 Å². The second-order valence-corrected chi connectivity index (χ2v) is 6.79. The highest BCUT2D eigenvalue weighted by atomic mass is 16.2. The van der Waals surface area contributed by atoms with Crippen molar-refractivity contribution in [3.63, 3.8) is 0 Å². The van der Waals surface area contributed by atoms with Crippen LogP contribution in [-0.2, 0) is 9.59 Å². The van der Waals surface area contributed by atoms with Crippen LogP contribution in [0.4, 0.5) is 0 Å². The van der Waals surface area contributed by atoms with Gasteiger partial charge in [-0.15, -0.1) is 0 Å². The van der Waals surface area contributed by atoms with Gasteiger partial charge in [0.1, 0.15) is 11.6 Å². The number of carbonyl (C=O) groups is 2. The van der Waals surface area contributed by atoms with Crippen molar-refractivity contribution in [1.82, 2.24) is 10.2 Å². The summed E-state index contributed by atoms with van der Waals surface area (Å²) in [5.41, 5.74) is -0.565. The van der Waals surface area contributed by atoms with Crippen molar-refractivity contribution in [3.05, 3.63) is 0 Å². The molecule has 0 aromatic carbocycles. The summed E-state index contributed by atoms with van der Waals surface area (Å²) >= 11 is 0. The largest absolute Gasteiger partial charge is 0.340 e. The Kier molecular flexibility index (Phi) is 3.74. The molecule has 1 atom stereocenters. The highest BCUT2D eigenvalue weighted by Gasteiger charge is 2.50. The van der Waals surface area contributed by atoms with Gasteiger partial charge < -0.3 is 10.2 Å². The average molecular weight is 278 g/mol. The standard InChI is InChI=1S/C16H26N2O2/c1-2-13-14(19)17-16(9-4-3-5-10-16)15(20)18(13)11-8-12-6-7-12/h12-13H,2-11H2,1H3,(H,17,19). The molecule has 0 aromatic rings. The fourth-order valence-electron chi connectivity index (χ4n) is 3.82. The summed E-state index contributed by atoms with van der Waals surface area (Å²) < 4.78 is 0. The highest BCUT2D eigenvalue weighted by Crippen LogP contribution is 2.36. The molecule has 4 nitrogen and oxygen atoms in total. The third-order valence-corrected chi connectivity index (χ3v) is 5.28. The topological polar surface area (TPSA) is 49.4 Å². The van der Waals surface area contributed by atoms with Crippen molar-refractivity contribution in [2.75, 3.05) is 6.54 Å². The summed E-state index contributed by atoms with van der Waals surface area (Å²) in [7, 11) is 0. The first kappa shape index (κ1) is 13.9. The molecule has 20 heavy (non-hydrogen) atoms. The van der Waals surface area contributed by atoms with Gasteiger partial charge in [-0.3, -0.25) is 9.59 Å². The third kappa shape index (κ3) is 2.45. The number of piperazine rings is 1. The number of nitrogens with one attached hydrogen (secondary N) is 1. The molecule has 3 fully saturated rings. The number of amides is 2. The van der Waals surface area contributed by atoms with Crippen molar-refractivity contribution in [1.29, 1.82) is 0 Å². The predicted molar refractivity (Wildman–Crippen MR) is 77.1 cm³/mol. The molecule has 112 valence electrons. The monoisotopic (exact) mass is 278 g/mol. The molecule has 0 radical (unpaired) electrons. The van der Waals surface area contributed by atoms with Gasteiger partial charge >= 0.3 is 0 Å². The predicted octanol–water partition coefficient (Wildman–Crippen LogP) is 2.23. The molecule has 2 amide bonds. The van der Waals surface area contributed by atoms with Crippen molar-refractivity contribution in [3.8, 4) is 0 Å². The lowest BCUT2D eigenvalue weighted by Crippen LogP contribution is -2.70. The maximum atomic E-state index is 13.0. The van der Waals surface area contributed by atoms with Gasteiger partial charge in [-0.25, -0.2) is 0 Å². The molecule has 2 aliphatic carbocycles. The maximum Gasteiger partial charge on any atom is 0.249 e. The van der Waals surface area contributed by atoms with E-state index in [1.54, 1.807) is 0 Å². The quantitative estimate of drug-likeness (QED) is 0.857. The first-order valence-corrected chi connectivity index (χ1v) is 8.29. The number of hydrogen-bond acceptors (Lipinski definition) is 2. The van der Waals surface area contributed by atoms with Crippen LogP contribution in [0.2, 0.25) is 0 Å². The molecular formula is C16H26N2O2. The lowest BCUT2D eigenvalue weighted by atomic mass is 9.78. The Morgan fingerprint density at radius 1 is 1.20 bits per heavy atom. The fraction of sp³-hybridized carbons (Fsp3) is 0.875. The van der Waals surface area contributed by atoms with E-state index in [0.717, 1.165) is 51.0 Å². The van der Waals surface area contributed by atoms with E-state index in [0.29, 0.717) is 0 Å². The van der Waals surface area contributed by atoms with Gasteiger partial charge in [0.05, 0.1) is 0 Å². The number of nitrogens with zero attached hydrogens (tertiary/aromatic N) is 1. The minimum absolute atomic E-state index is 0.0739. The summed E-state index contributed by atoms with van der Waals surface area (Å²) in [5, 5.41) is 3.09. The molecule has 1 spiro atoms. The lowest BCUT2D eigenvalue weighted by molar-refractivity contribution is -0.157. The van der Waals surface area contributed by atoms with Gasteiger partial charge in [-0.05, 0) is 31.6 Å². The molecule has 1 saturated heterocycles. The van der Waals surface area contributed by atoms with Crippen LogP contribution < -0.4 is 5.32 Å². The van der Waals surface area contributed by atoms with Crippen molar-refractivity contribution in [2.24, 2.45) is 5.92 Å². The van der Waals surface area contributed by atoms with Crippen LogP contribution in [0, 0.1) is 5.92 Å². The Morgan fingerprint density at radius 2 is 1.90 bits per heavy atom. The second kappa shape index (κ2) is 5.38. The van der Waals surface area contributed by atoms with Crippen molar-refractivity contribution < 1.29 is 9.59 Å². The van der Waals surface area contributed by atoms with E-state index in [-0.39, 0.29) is 17.9 Å². The van der Waals surface area contributed by atoms with E-state index < -0.39 is 5.54 Å². The van der Waals surface area contributed by atoms with E-state index in [4.69, 9.17) is 0 Å². The molecule has 0 aromatic heterocycles. The molecule has 1 unspecified atom stereocenters. The maximum absolute atomic E-state index is 13.0. The molecule has 3 aliphatic rings. The first-order chi connectivity index (χ1) is 9.66. The van der Waals surface area contributed by atoms with Crippen LogP contribution in [0.1, 0.15) is 64.7 Å². The molecule has 1 N–H and O–H groups in total. The molecule has 2 saturated carbocycles. The second-order valence-electron chi connectivity index (χ2n) is 6.79. The van der Waals surface area contributed by atoms with Gasteiger partial charge in [-0.2, -0.15) is 0 Å². The summed E-state index contributed by atoms with van der Waals surface area (Å²) in [6.07, 6.45) is 9.35. The van der Waals surface area contributed by atoms with E-state index >= 15 is 0 Å². The lowest BCUT2D eigenvalue weighted by Gasteiger charge is -2.47. The average Bonchev–Trinajstić information content (AvgIpc) is 3.26. The fourth-order valence-corrected chi connectivity index (χ4v) is 3.82. The van der Waals surface area contributed by atoms with E-state index in [1.807, 2.05) is 11.8 Å². The SMILES string of the molecule is CCC1C(=O)NC2(CCCCC2)C(=O)N1CCC1CC1.